The van der Waals surface area contributed by atoms with Gasteiger partial charge in [0.25, 0.3) is 5.91 Å². The minimum absolute atomic E-state index is 0.00298. The van der Waals surface area contributed by atoms with Crippen LogP contribution in [-0.2, 0) is 6.42 Å². The van der Waals surface area contributed by atoms with E-state index in [0.717, 1.165) is 62.6 Å². The molecule has 0 radical (unpaired) electrons. The Hall–Kier alpha value is -4.02. The fourth-order valence-electron chi connectivity index (χ4n) is 6.33. The van der Waals surface area contributed by atoms with E-state index >= 15 is 0 Å². The number of nitrogen functional groups attached to an aromatic ring is 1. The second-order valence-corrected chi connectivity index (χ2v) is 12.0. The lowest BCUT2D eigenvalue weighted by molar-refractivity contribution is 0.0776. The number of aromatic nitrogens is 4. The number of benzene rings is 1. The largest absolute Gasteiger partial charge is 0.493 e. The molecule has 1 amide bonds. The van der Waals surface area contributed by atoms with Crippen LogP contribution in [0.2, 0.25) is 5.02 Å². The van der Waals surface area contributed by atoms with E-state index in [0.29, 0.717) is 46.8 Å². The number of amides is 1. The van der Waals surface area contributed by atoms with E-state index in [1.165, 1.54) is 11.3 Å². The predicted molar refractivity (Wildman–Crippen MR) is 152 cm³/mol. The van der Waals surface area contributed by atoms with Crippen molar-refractivity contribution < 1.29 is 13.9 Å². The summed E-state index contributed by atoms with van der Waals surface area (Å²) >= 11 is 7.75. The van der Waals surface area contributed by atoms with Crippen LogP contribution in [0, 0.1) is 6.92 Å². The van der Waals surface area contributed by atoms with Crippen molar-refractivity contribution in [1.29, 1.82) is 0 Å². The van der Waals surface area contributed by atoms with E-state index in [1.807, 2.05) is 29.2 Å². The topological polar surface area (TPSA) is 120 Å². The zero-order valence-electron chi connectivity index (χ0n) is 21.5. The Labute approximate surface area is 238 Å². The number of anilines is 1. The zero-order chi connectivity index (χ0) is 27.1. The van der Waals surface area contributed by atoms with Crippen molar-refractivity contribution in [3.8, 4) is 27.6 Å². The number of carbonyl (C=O) groups excluding carboxylic acids is 1. The lowest BCUT2D eigenvalue weighted by Gasteiger charge is -2.18. The second kappa shape index (κ2) is 8.74. The Balaban J connectivity index is 1.40. The first-order valence-corrected chi connectivity index (χ1v) is 14.4. The Morgan fingerprint density at radius 1 is 1.18 bits per heavy atom. The van der Waals surface area contributed by atoms with Crippen molar-refractivity contribution in [3.63, 3.8) is 0 Å². The maximum absolute atomic E-state index is 13.9. The molecule has 2 N–H and O–H groups in total. The summed E-state index contributed by atoms with van der Waals surface area (Å²) in [6.45, 7) is 2.98. The molecule has 1 fully saturated rings. The second-order valence-electron chi connectivity index (χ2n) is 10.5. The van der Waals surface area contributed by atoms with E-state index in [1.54, 1.807) is 13.1 Å². The van der Waals surface area contributed by atoms with Crippen LogP contribution in [-0.4, -0.2) is 44.1 Å². The molecule has 8 rings (SSSR count). The van der Waals surface area contributed by atoms with E-state index in [4.69, 9.17) is 31.5 Å². The Morgan fingerprint density at radius 2 is 2.08 bits per heavy atom. The molecule has 7 heterocycles. The van der Waals surface area contributed by atoms with Crippen molar-refractivity contribution >= 4 is 44.7 Å². The average molecular weight is 571 g/mol. The number of carbonyl (C=O) groups is 1. The van der Waals surface area contributed by atoms with Gasteiger partial charge in [-0.1, -0.05) is 17.7 Å². The number of halogens is 1. The molecule has 0 spiro atoms. The number of hydrogen-bond acceptors (Lipinski definition) is 9. The molecule has 1 saturated heterocycles. The maximum Gasteiger partial charge on any atom is 0.257 e. The summed E-state index contributed by atoms with van der Waals surface area (Å²) < 4.78 is 12.9. The maximum atomic E-state index is 13.9. The van der Waals surface area contributed by atoms with Crippen LogP contribution >= 0.6 is 22.9 Å². The summed E-state index contributed by atoms with van der Waals surface area (Å²) in [7, 11) is 0. The van der Waals surface area contributed by atoms with Gasteiger partial charge in [-0.15, -0.1) is 21.5 Å². The monoisotopic (exact) mass is 570 g/mol. The molecular weight excluding hydrogens is 548 g/mol. The summed E-state index contributed by atoms with van der Waals surface area (Å²) in [5.74, 6) is 2.08. The molecule has 0 aliphatic carbocycles. The highest BCUT2D eigenvalue weighted by atomic mass is 35.5. The van der Waals surface area contributed by atoms with Crippen LogP contribution in [0.15, 0.2) is 40.9 Å². The molecule has 40 heavy (non-hydrogen) atoms. The number of hydrogen-bond donors (Lipinski definition) is 1. The quantitative estimate of drug-likeness (QED) is 0.281. The van der Waals surface area contributed by atoms with Crippen molar-refractivity contribution in [3.05, 3.63) is 70.0 Å². The van der Waals surface area contributed by atoms with Crippen LogP contribution < -0.4 is 10.5 Å². The number of nitrogens with zero attached hydrogens (tertiary/aromatic N) is 5. The van der Waals surface area contributed by atoms with Crippen molar-refractivity contribution in [2.75, 3.05) is 18.9 Å². The highest BCUT2D eigenvalue weighted by Crippen LogP contribution is 2.51. The van der Waals surface area contributed by atoms with Crippen molar-refractivity contribution in [2.24, 2.45) is 0 Å². The van der Waals surface area contributed by atoms with Gasteiger partial charge < -0.3 is 19.8 Å². The molecule has 2 unspecified atom stereocenters. The van der Waals surface area contributed by atoms with Crippen LogP contribution in [0.5, 0.6) is 5.75 Å². The third kappa shape index (κ3) is 3.49. The minimum Gasteiger partial charge on any atom is -0.493 e. The number of nitrogens with two attached hydrogens (primary N) is 1. The number of ether oxygens (including phenoxy) is 1. The fourth-order valence-corrected chi connectivity index (χ4v) is 7.61. The summed E-state index contributed by atoms with van der Waals surface area (Å²) in [4.78, 5) is 26.3. The smallest absolute Gasteiger partial charge is 0.257 e. The highest BCUT2D eigenvalue weighted by Gasteiger charge is 2.45. The first kappa shape index (κ1) is 23.8. The molecule has 0 saturated carbocycles. The number of aryl methyl sites for hydroxylation is 1. The van der Waals surface area contributed by atoms with Gasteiger partial charge >= 0.3 is 0 Å². The normalized spacial score (nSPS) is 19.2. The van der Waals surface area contributed by atoms with Gasteiger partial charge in [-0.2, -0.15) is 0 Å². The van der Waals surface area contributed by atoms with Crippen molar-refractivity contribution in [1.82, 2.24) is 25.1 Å². The summed E-state index contributed by atoms with van der Waals surface area (Å²) in [5, 5.41) is 10.2. The lowest BCUT2D eigenvalue weighted by atomic mass is 9.89. The zero-order valence-corrected chi connectivity index (χ0v) is 23.1. The molecule has 3 aliphatic heterocycles. The summed E-state index contributed by atoms with van der Waals surface area (Å²) in [5.41, 5.74) is 11.1. The SMILES string of the molecule is Cc1nnc(-c2c(CC3COc4cc(Cl)ccc43)nc3c(c2-c2cc4ccnc(N)c4s2)C(=O)N2CCCC32)o1. The summed E-state index contributed by atoms with van der Waals surface area (Å²) in [6, 6.07) is 9.72. The molecule has 1 aromatic carbocycles. The lowest BCUT2D eigenvalue weighted by Crippen LogP contribution is -2.22. The van der Waals surface area contributed by atoms with Gasteiger partial charge in [0.2, 0.25) is 11.8 Å². The van der Waals surface area contributed by atoms with Gasteiger partial charge in [0.05, 0.1) is 39.9 Å². The Kier molecular flexibility index (Phi) is 5.21. The summed E-state index contributed by atoms with van der Waals surface area (Å²) in [6.07, 6.45) is 4.12. The standard InChI is InChI=1S/C29H23ClN6O3S/c1-13-34-35-28(39-13)22-18(9-15-12-38-20-11-16(30)4-5-17(15)20)33-25-19-3-2-8-36(19)29(37)24(25)23(22)21-10-14-6-7-32-27(31)26(14)40-21/h4-7,10-11,15,19H,2-3,8-9,12H2,1H3,(H2,31,32). The predicted octanol–water partition coefficient (Wildman–Crippen LogP) is 5.96. The molecule has 0 bridgehead atoms. The van der Waals surface area contributed by atoms with E-state index < -0.39 is 0 Å². The van der Waals surface area contributed by atoms with Gasteiger partial charge in [0.1, 0.15) is 11.6 Å². The first-order valence-electron chi connectivity index (χ1n) is 13.2. The van der Waals surface area contributed by atoms with Crippen LogP contribution in [0.25, 0.3) is 32.0 Å². The fraction of sp³-hybridized carbons (Fsp3) is 0.276. The molecule has 2 atom stereocenters. The Morgan fingerprint density at radius 3 is 2.90 bits per heavy atom. The molecular formula is C29H23ClN6O3S. The Bertz CT molecular complexity index is 1870. The molecule has 4 aromatic heterocycles. The minimum atomic E-state index is -0.0366. The number of thiophene rings is 1. The van der Waals surface area contributed by atoms with Gasteiger partial charge in [0, 0.05) is 53.0 Å². The average Bonchev–Trinajstić information content (AvgIpc) is 3.75. The molecule has 3 aliphatic rings. The highest BCUT2D eigenvalue weighted by molar-refractivity contribution is 7.22. The molecule has 5 aromatic rings. The van der Waals surface area contributed by atoms with E-state index in [2.05, 4.69) is 21.2 Å². The number of rotatable bonds is 4. The van der Waals surface area contributed by atoms with Crippen LogP contribution in [0.3, 0.4) is 0 Å². The molecule has 200 valence electrons. The third-order valence-corrected chi connectivity index (χ3v) is 9.51. The van der Waals surface area contributed by atoms with Crippen LogP contribution in [0.4, 0.5) is 5.82 Å². The molecule has 9 nitrogen and oxygen atoms in total. The van der Waals surface area contributed by atoms with Gasteiger partial charge in [-0.25, -0.2) is 4.98 Å². The van der Waals surface area contributed by atoms with E-state index in [-0.39, 0.29) is 17.9 Å². The number of pyridine rings is 2. The van der Waals surface area contributed by atoms with Crippen LogP contribution in [0.1, 0.15) is 58.0 Å². The number of fused-ring (bicyclic) bond motifs is 5. The third-order valence-electron chi connectivity index (χ3n) is 8.09. The van der Waals surface area contributed by atoms with Gasteiger partial charge in [-0.05, 0) is 42.5 Å². The van der Waals surface area contributed by atoms with E-state index in [9.17, 15) is 4.79 Å². The van der Waals surface area contributed by atoms with Gasteiger partial charge in [0.15, 0.2) is 0 Å². The first-order chi connectivity index (χ1) is 19.5. The van der Waals surface area contributed by atoms with Gasteiger partial charge in [-0.3, -0.25) is 9.78 Å². The van der Waals surface area contributed by atoms with Crippen molar-refractivity contribution in [2.45, 2.75) is 38.1 Å². The molecule has 11 heteroatoms.